The Morgan fingerprint density at radius 3 is 2.47 bits per heavy atom. The summed E-state index contributed by atoms with van der Waals surface area (Å²) < 4.78 is 30.3. The molecule has 11 heteroatoms. The van der Waals surface area contributed by atoms with E-state index in [1.165, 1.54) is 25.3 Å². The topological polar surface area (TPSA) is 105 Å². The van der Waals surface area contributed by atoms with Gasteiger partial charge in [0.1, 0.15) is 6.54 Å². The number of nitrogens with zero attached hydrogens (tertiary/aromatic N) is 1. The molecule has 0 saturated heterocycles. The zero-order chi connectivity index (χ0) is 22.3. The number of amides is 2. The molecular formula is C19H21Cl2N3O5S. The van der Waals surface area contributed by atoms with Crippen molar-refractivity contribution in [1.82, 2.24) is 5.32 Å². The monoisotopic (exact) mass is 473 g/mol. The van der Waals surface area contributed by atoms with Gasteiger partial charge in [0.25, 0.3) is 5.91 Å². The predicted molar refractivity (Wildman–Crippen MR) is 118 cm³/mol. The van der Waals surface area contributed by atoms with Gasteiger partial charge < -0.3 is 15.4 Å². The molecule has 0 aromatic heterocycles. The van der Waals surface area contributed by atoms with Crippen LogP contribution < -0.4 is 14.9 Å². The summed E-state index contributed by atoms with van der Waals surface area (Å²) in [7, 11) is -2.32. The maximum absolute atomic E-state index is 12.6. The van der Waals surface area contributed by atoms with Gasteiger partial charge in [-0.15, -0.1) is 0 Å². The highest BCUT2D eigenvalue weighted by Gasteiger charge is 2.24. The lowest BCUT2D eigenvalue weighted by molar-refractivity contribution is -0.114. The number of hydrogen-bond donors (Lipinski definition) is 2. The standard InChI is InChI=1S/C19H21Cl2N3O5S/c1-29-10-9-22-19(26)14-5-3-4-6-16(14)23-18(25)12-24(30(2,27)28)17-8-7-13(20)11-15(17)21/h3-8,11H,9-10,12H2,1-2H3,(H,22,26)(H,23,25). The summed E-state index contributed by atoms with van der Waals surface area (Å²) in [5.41, 5.74) is 0.592. The highest BCUT2D eigenvalue weighted by Crippen LogP contribution is 2.30. The molecule has 0 spiro atoms. The minimum absolute atomic E-state index is 0.0821. The van der Waals surface area contributed by atoms with Crippen LogP contribution in [0.15, 0.2) is 42.5 Å². The fourth-order valence-corrected chi connectivity index (χ4v) is 3.97. The molecule has 2 N–H and O–H groups in total. The number of rotatable bonds is 9. The maximum Gasteiger partial charge on any atom is 0.253 e. The fourth-order valence-electron chi connectivity index (χ4n) is 2.54. The molecule has 0 aliphatic carbocycles. The number of carbonyl (C=O) groups is 2. The second-order valence-corrected chi connectivity index (χ2v) is 8.96. The molecule has 8 nitrogen and oxygen atoms in total. The molecule has 0 atom stereocenters. The van der Waals surface area contributed by atoms with E-state index < -0.39 is 28.4 Å². The number of benzene rings is 2. The number of para-hydroxylation sites is 1. The third kappa shape index (κ3) is 6.60. The van der Waals surface area contributed by atoms with Crippen molar-refractivity contribution in [3.05, 3.63) is 58.1 Å². The molecule has 2 rings (SSSR count). The van der Waals surface area contributed by atoms with Crippen LogP contribution in [-0.2, 0) is 19.6 Å². The lowest BCUT2D eigenvalue weighted by Crippen LogP contribution is -2.38. The zero-order valence-corrected chi connectivity index (χ0v) is 18.6. The Bertz CT molecular complexity index is 1030. The quantitative estimate of drug-likeness (QED) is 0.544. The van der Waals surface area contributed by atoms with Crippen LogP contribution in [-0.4, -0.2) is 53.3 Å². The van der Waals surface area contributed by atoms with Crippen LogP contribution in [0.1, 0.15) is 10.4 Å². The summed E-state index contributed by atoms with van der Waals surface area (Å²) in [4.78, 5) is 25.0. The largest absolute Gasteiger partial charge is 0.383 e. The SMILES string of the molecule is COCCNC(=O)c1ccccc1NC(=O)CN(c1ccc(Cl)cc1Cl)S(C)(=O)=O. The minimum atomic E-state index is -3.83. The molecule has 30 heavy (non-hydrogen) atoms. The van der Waals surface area contributed by atoms with Gasteiger partial charge >= 0.3 is 0 Å². The highest BCUT2D eigenvalue weighted by atomic mass is 35.5. The Labute approximate surface area is 185 Å². The third-order valence-corrected chi connectivity index (χ3v) is 5.57. The van der Waals surface area contributed by atoms with Crippen molar-refractivity contribution < 1.29 is 22.7 Å². The van der Waals surface area contributed by atoms with E-state index in [0.717, 1.165) is 10.6 Å². The van der Waals surface area contributed by atoms with E-state index in [2.05, 4.69) is 10.6 Å². The summed E-state index contributed by atoms with van der Waals surface area (Å²) in [6.45, 7) is 0.0970. The number of anilines is 2. The van der Waals surface area contributed by atoms with Crippen LogP contribution in [0, 0.1) is 0 Å². The van der Waals surface area contributed by atoms with Crippen LogP contribution in [0.25, 0.3) is 0 Å². The zero-order valence-electron chi connectivity index (χ0n) is 16.3. The third-order valence-electron chi connectivity index (χ3n) is 3.90. The van der Waals surface area contributed by atoms with E-state index in [9.17, 15) is 18.0 Å². The minimum Gasteiger partial charge on any atom is -0.383 e. The first-order valence-corrected chi connectivity index (χ1v) is 11.3. The summed E-state index contributed by atoms with van der Waals surface area (Å²) >= 11 is 12.0. The highest BCUT2D eigenvalue weighted by molar-refractivity contribution is 7.92. The lowest BCUT2D eigenvalue weighted by Gasteiger charge is -2.23. The van der Waals surface area contributed by atoms with Gasteiger partial charge in [-0.25, -0.2) is 8.42 Å². The van der Waals surface area contributed by atoms with Crippen LogP contribution in [0.4, 0.5) is 11.4 Å². The van der Waals surface area contributed by atoms with Gasteiger partial charge in [0.2, 0.25) is 15.9 Å². The van der Waals surface area contributed by atoms with Gasteiger partial charge in [0, 0.05) is 18.7 Å². The normalized spacial score (nSPS) is 11.1. The average molecular weight is 474 g/mol. The average Bonchev–Trinajstić information content (AvgIpc) is 2.66. The second-order valence-electron chi connectivity index (χ2n) is 6.21. The molecule has 0 unspecified atom stereocenters. The Morgan fingerprint density at radius 2 is 1.83 bits per heavy atom. The van der Waals surface area contributed by atoms with E-state index in [4.69, 9.17) is 27.9 Å². The Kier molecular flexibility index (Phi) is 8.48. The lowest BCUT2D eigenvalue weighted by atomic mass is 10.1. The molecule has 0 bridgehead atoms. The van der Waals surface area contributed by atoms with E-state index >= 15 is 0 Å². The van der Waals surface area contributed by atoms with E-state index in [0.29, 0.717) is 18.2 Å². The number of nitrogens with one attached hydrogen (secondary N) is 2. The molecule has 2 amide bonds. The van der Waals surface area contributed by atoms with Crippen molar-refractivity contribution in [2.24, 2.45) is 0 Å². The molecule has 0 fully saturated rings. The van der Waals surface area contributed by atoms with Gasteiger partial charge in [0.05, 0.1) is 34.8 Å². The van der Waals surface area contributed by atoms with Gasteiger partial charge in [-0.2, -0.15) is 0 Å². The number of carbonyl (C=O) groups excluding carboxylic acids is 2. The molecule has 2 aromatic carbocycles. The number of methoxy groups -OCH3 is 1. The number of halogens is 2. The molecular weight excluding hydrogens is 453 g/mol. The van der Waals surface area contributed by atoms with Crippen molar-refractivity contribution in [2.45, 2.75) is 0 Å². The van der Waals surface area contributed by atoms with Crippen molar-refractivity contribution >= 4 is 56.4 Å². The molecule has 0 aliphatic rings. The summed E-state index contributed by atoms with van der Waals surface area (Å²) in [5, 5.41) is 5.66. The first-order valence-electron chi connectivity index (χ1n) is 8.72. The van der Waals surface area contributed by atoms with Gasteiger partial charge in [-0.1, -0.05) is 35.3 Å². The maximum atomic E-state index is 12.6. The van der Waals surface area contributed by atoms with Crippen molar-refractivity contribution in [3.8, 4) is 0 Å². The molecule has 162 valence electrons. The van der Waals surface area contributed by atoms with Crippen LogP contribution in [0.3, 0.4) is 0 Å². The first-order chi connectivity index (χ1) is 14.1. The molecule has 0 aliphatic heterocycles. The fraction of sp³-hybridized carbons (Fsp3) is 0.263. The van der Waals surface area contributed by atoms with E-state index in [-0.39, 0.29) is 22.0 Å². The Balaban J connectivity index is 2.22. The first kappa shape index (κ1) is 23.9. The van der Waals surface area contributed by atoms with Gasteiger partial charge in [0.15, 0.2) is 0 Å². The summed E-state index contributed by atoms with van der Waals surface area (Å²) in [5.74, 6) is -1.05. The van der Waals surface area contributed by atoms with Gasteiger partial charge in [-0.3, -0.25) is 13.9 Å². The Hall–Kier alpha value is -2.33. The number of sulfonamides is 1. The number of ether oxygens (including phenoxy) is 1. The van der Waals surface area contributed by atoms with Crippen molar-refractivity contribution in [2.75, 3.05) is 42.7 Å². The van der Waals surface area contributed by atoms with Crippen molar-refractivity contribution in [3.63, 3.8) is 0 Å². The molecule has 0 heterocycles. The molecule has 0 saturated carbocycles. The Morgan fingerprint density at radius 1 is 1.13 bits per heavy atom. The summed E-state index contributed by atoms with van der Waals surface area (Å²) in [6, 6.07) is 10.7. The molecule has 0 radical (unpaired) electrons. The van der Waals surface area contributed by atoms with E-state index in [1.54, 1.807) is 24.3 Å². The molecule has 2 aromatic rings. The van der Waals surface area contributed by atoms with Gasteiger partial charge in [-0.05, 0) is 30.3 Å². The summed E-state index contributed by atoms with van der Waals surface area (Å²) in [6.07, 6.45) is 0.961. The second kappa shape index (κ2) is 10.6. The van der Waals surface area contributed by atoms with Crippen molar-refractivity contribution in [1.29, 1.82) is 0 Å². The predicted octanol–water partition coefficient (Wildman–Crippen LogP) is 2.77. The van der Waals surface area contributed by atoms with Crippen LogP contribution >= 0.6 is 23.2 Å². The smallest absolute Gasteiger partial charge is 0.253 e. The van der Waals surface area contributed by atoms with Crippen LogP contribution in [0.2, 0.25) is 10.0 Å². The number of hydrogen-bond acceptors (Lipinski definition) is 5. The van der Waals surface area contributed by atoms with E-state index in [1.807, 2.05) is 0 Å². The van der Waals surface area contributed by atoms with Crippen LogP contribution in [0.5, 0.6) is 0 Å².